The van der Waals surface area contributed by atoms with Gasteiger partial charge in [-0.15, -0.1) is 0 Å². The zero-order chi connectivity index (χ0) is 20.2. The van der Waals surface area contributed by atoms with Gasteiger partial charge in [-0.1, -0.05) is 42.0 Å². The molecule has 3 aromatic rings. The Labute approximate surface area is 171 Å². The molecule has 1 fully saturated rings. The first-order chi connectivity index (χ1) is 14.1. The molecule has 5 nitrogen and oxygen atoms in total. The molecule has 1 aromatic heterocycles. The van der Waals surface area contributed by atoms with Crippen molar-refractivity contribution in [3.63, 3.8) is 0 Å². The quantitative estimate of drug-likeness (QED) is 0.682. The molecule has 1 amide bonds. The second kappa shape index (κ2) is 8.52. The van der Waals surface area contributed by atoms with Crippen molar-refractivity contribution < 1.29 is 9.53 Å². The van der Waals surface area contributed by atoms with Crippen molar-refractivity contribution >= 4 is 5.91 Å². The van der Waals surface area contributed by atoms with E-state index in [-0.39, 0.29) is 5.91 Å². The van der Waals surface area contributed by atoms with E-state index in [1.54, 1.807) is 7.11 Å². The standard InChI is InChI=1S/C24H27N3O2/c1-17-6-9-19(10-7-17)22-15-23(26-25-22)20-12-13-27(16-20)24(28)11-8-18-4-3-5-21(14-18)29-2/h3-7,9-10,14-15,20H,8,11-13,16H2,1-2H3,(H,25,26)/t20-/m1/s1. The lowest BCUT2D eigenvalue weighted by Gasteiger charge is -2.16. The monoisotopic (exact) mass is 389 g/mol. The third-order valence-electron chi connectivity index (χ3n) is 5.69. The molecule has 150 valence electrons. The number of methoxy groups -OCH3 is 1. The Morgan fingerprint density at radius 1 is 1.21 bits per heavy atom. The zero-order valence-corrected chi connectivity index (χ0v) is 17.0. The van der Waals surface area contributed by atoms with Gasteiger partial charge in [-0.05, 0) is 43.5 Å². The minimum absolute atomic E-state index is 0.216. The normalized spacial score (nSPS) is 16.2. The molecule has 1 N–H and O–H groups in total. The summed E-state index contributed by atoms with van der Waals surface area (Å²) >= 11 is 0. The van der Waals surface area contributed by atoms with Crippen LogP contribution in [-0.2, 0) is 11.2 Å². The van der Waals surface area contributed by atoms with Crippen molar-refractivity contribution in [2.24, 2.45) is 0 Å². The highest BCUT2D eigenvalue weighted by molar-refractivity contribution is 5.77. The summed E-state index contributed by atoms with van der Waals surface area (Å²) in [5.41, 5.74) is 5.56. The van der Waals surface area contributed by atoms with Gasteiger partial charge in [0.15, 0.2) is 0 Å². The summed E-state index contributed by atoms with van der Waals surface area (Å²) in [6.45, 7) is 3.64. The highest BCUT2D eigenvalue weighted by Crippen LogP contribution is 2.29. The van der Waals surface area contributed by atoms with Crippen molar-refractivity contribution in [3.8, 4) is 17.0 Å². The fraction of sp³-hybridized carbons (Fsp3) is 0.333. The summed E-state index contributed by atoms with van der Waals surface area (Å²) in [5, 5.41) is 7.67. The van der Waals surface area contributed by atoms with Crippen LogP contribution in [0.3, 0.4) is 0 Å². The first-order valence-electron chi connectivity index (χ1n) is 10.2. The van der Waals surface area contributed by atoms with Crippen LogP contribution < -0.4 is 4.74 Å². The maximum Gasteiger partial charge on any atom is 0.222 e. The van der Waals surface area contributed by atoms with Gasteiger partial charge in [0.2, 0.25) is 5.91 Å². The number of aryl methyl sites for hydroxylation is 2. The van der Waals surface area contributed by atoms with Gasteiger partial charge in [0.1, 0.15) is 5.75 Å². The molecule has 29 heavy (non-hydrogen) atoms. The Bertz CT molecular complexity index is 978. The molecule has 0 saturated carbocycles. The van der Waals surface area contributed by atoms with E-state index < -0.39 is 0 Å². The number of hydrogen-bond donors (Lipinski definition) is 1. The predicted molar refractivity (Wildman–Crippen MR) is 114 cm³/mol. The van der Waals surface area contributed by atoms with Crippen molar-refractivity contribution in [1.29, 1.82) is 0 Å². The minimum Gasteiger partial charge on any atom is -0.497 e. The number of nitrogens with one attached hydrogen (secondary N) is 1. The molecule has 1 saturated heterocycles. The summed E-state index contributed by atoms with van der Waals surface area (Å²) in [4.78, 5) is 14.7. The van der Waals surface area contributed by atoms with Gasteiger partial charge in [0.25, 0.3) is 0 Å². The van der Waals surface area contributed by atoms with Gasteiger partial charge in [-0.25, -0.2) is 0 Å². The van der Waals surface area contributed by atoms with Gasteiger partial charge in [0, 0.05) is 36.7 Å². The second-order valence-corrected chi connectivity index (χ2v) is 7.75. The molecule has 4 rings (SSSR count). The highest BCUT2D eigenvalue weighted by Gasteiger charge is 2.28. The lowest BCUT2D eigenvalue weighted by Crippen LogP contribution is -2.28. The van der Waals surface area contributed by atoms with Crippen molar-refractivity contribution in [2.75, 3.05) is 20.2 Å². The zero-order valence-electron chi connectivity index (χ0n) is 17.0. The SMILES string of the molecule is COc1cccc(CCC(=O)N2CC[C@@H](c3cc(-c4ccc(C)cc4)n[nH]3)C2)c1. The molecule has 1 atom stereocenters. The molecule has 0 bridgehead atoms. The van der Waals surface area contributed by atoms with Crippen LogP contribution in [-0.4, -0.2) is 41.2 Å². The first kappa shape index (κ1) is 19.2. The number of benzene rings is 2. The number of carbonyl (C=O) groups excluding carboxylic acids is 1. The average molecular weight is 389 g/mol. The summed E-state index contributed by atoms with van der Waals surface area (Å²) < 4.78 is 5.26. The smallest absolute Gasteiger partial charge is 0.222 e. The first-order valence-corrected chi connectivity index (χ1v) is 10.2. The van der Waals surface area contributed by atoms with Crippen molar-refractivity contribution in [1.82, 2.24) is 15.1 Å². The van der Waals surface area contributed by atoms with E-state index >= 15 is 0 Å². The Hall–Kier alpha value is -3.08. The maximum atomic E-state index is 12.7. The molecule has 0 spiro atoms. The number of rotatable bonds is 6. The van der Waals surface area contributed by atoms with E-state index in [0.29, 0.717) is 12.3 Å². The van der Waals surface area contributed by atoms with E-state index in [1.165, 1.54) is 5.56 Å². The van der Waals surface area contributed by atoms with Crippen LogP contribution in [0.2, 0.25) is 0 Å². The summed E-state index contributed by atoms with van der Waals surface area (Å²) in [7, 11) is 1.66. The third kappa shape index (κ3) is 4.50. The fourth-order valence-corrected chi connectivity index (χ4v) is 3.90. The van der Waals surface area contributed by atoms with Gasteiger partial charge in [-0.2, -0.15) is 5.10 Å². The molecule has 0 radical (unpaired) electrons. The van der Waals surface area contributed by atoms with E-state index in [9.17, 15) is 4.79 Å². The van der Waals surface area contributed by atoms with Gasteiger partial charge in [0.05, 0.1) is 12.8 Å². The third-order valence-corrected chi connectivity index (χ3v) is 5.69. The number of H-pyrrole nitrogens is 1. The van der Waals surface area contributed by atoms with Crippen LogP contribution in [0.1, 0.15) is 35.6 Å². The van der Waals surface area contributed by atoms with E-state index in [2.05, 4.69) is 47.5 Å². The number of aromatic nitrogens is 2. The topological polar surface area (TPSA) is 58.2 Å². The second-order valence-electron chi connectivity index (χ2n) is 7.75. The molecule has 0 aliphatic carbocycles. The van der Waals surface area contributed by atoms with Crippen LogP contribution in [0.25, 0.3) is 11.3 Å². The number of nitrogens with zero attached hydrogens (tertiary/aromatic N) is 2. The average Bonchev–Trinajstić information content (AvgIpc) is 3.42. The Kier molecular flexibility index (Phi) is 5.65. The maximum absolute atomic E-state index is 12.7. The molecule has 1 aliphatic heterocycles. The largest absolute Gasteiger partial charge is 0.497 e. The molecular formula is C24H27N3O2. The van der Waals surface area contributed by atoms with Crippen LogP contribution in [0.5, 0.6) is 5.75 Å². The highest BCUT2D eigenvalue weighted by atomic mass is 16.5. The molecule has 1 aliphatic rings. The van der Waals surface area contributed by atoms with E-state index in [4.69, 9.17) is 4.74 Å². The molecule has 2 heterocycles. The number of likely N-dealkylation sites (tertiary alicyclic amines) is 1. The van der Waals surface area contributed by atoms with Crippen LogP contribution in [0, 0.1) is 6.92 Å². The Balaban J connectivity index is 1.34. The van der Waals surface area contributed by atoms with Gasteiger partial charge in [-0.3, -0.25) is 9.89 Å². The number of aromatic amines is 1. The molecule has 5 heteroatoms. The van der Waals surface area contributed by atoms with Gasteiger partial charge < -0.3 is 9.64 Å². The number of carbonyl (C=O) groups is 1. The minimum atomic E-state index is 0.216. The van der Waals surface area contributed by atoms with Crippen molar-refractivity contribution in [2.45, 2.75) is 32.1 Å². The summed E-state index contributed by atoms with van der Waals surface area (Å²) in [6.07, 6.45) is 2.23. The Morgan fingerprint density at radius 2 is 2.03 bits per heavy atom. The van der Waals surface area contributed by atoms with Crippen LogP contribution in [0.15, 0.2) is 54.6 Å². The number of hydrogen-bond acceptors (Lipinski definition) is 3. The van der Waals surface area contributed by atoms with Crippen LogP contribution in [0.4, 0.5) is 0 Å². The summed E-state index contributed by atoms with van der Waals surface area (Å²) in [6, 6.07) is 18.4. The number of ether oxygens (including phenoxy) is 1. The number of amides is 1. The summed E-state index contributed by atoms with van der Waals surface area (Å²) in [5.74, 6) is 1.37. The molecule has 2 aromatic carbocycles. The lowest BCUT2D eigenvalue weighted by molar-refractivity contribution is -0.130. The lowest BCUT2D eigenvalue weighted by atomic mass is 10.0. The van der Waals surface area contributed by atoms with Gasteiger partial charge >= 0.3 is 0 Å². The predicted octanol–water partition coefficient (Wildman–Crippen LogP) is 4.34. The molecule has 0 unspecified atom stereocenters. The molecular weight excluding hydrogens is 362 g/mol. The van der Waals surface area contributed by atoms with Crippen LogP contribution >= 0.6 is 0 Å². The fourth-order valence-electron chi connectivity index (χ4n) is 3.90. The van der Waals surface area contributed by atoms with Crippen molar-refractivity contribution in [3.05, 3.63) is 71.4 Å². The Morgan fingerprint density at radius 3 is 2.83 bits per heavy atom. The van der Waals surface area contributed by atoms with E-state index in [1.807, 2.05) is 29.2 Å². The van der Waals surface area contributed by atoms with E-state index in [0.717, 1.165) is 54.2 Å².